The van der Waals surface area contributed by atoms with Crippen molar-refractivity contribution >= 4 is 16.7 Å². The van der Waals surface area contributed by atoms with E-state index >= 15 is 0 Å². The minimum atomic E-state index is 0.0510. The number of nitrogens with zero attached hydrogens (tertiary/aromatic N) is 7. The number of aliphatic hydroxyl groups is 1. The number of aromatic nitrogens is 6. The fourth-order valence-electron chi connectivity index (χ4n) is 3.76. The van der Waals surface area contributed by atoms with Crippen LogP contribution >= 0.6 is 0 Å². The first-order valence-corrected chi connectivity index (χ1v) is 10.2. The van der Waals surface area contributed by atoms with Crippen LogP contribution in [0.3, 0.4) is 0 Å². The van der Waals surface area contributed by atoms with Crippen molar-refractivity contribution in [3.63, 3.8) is 0 Å². The van der Waals surface area contributed by atoms with Crippen LogP contribution in [0.5, 0.6) is 0 Å². The van der Waals surface area contributed by atoms with Gasteiger partial charge in [0.15, 0.2) is 5.82 Å². The Hall–Kier alpha value is -3.30. The highest BCUT2D eigenvalue weighted by molar-refractivity contribution is 5.83. The Labute approximate surface area is 174 Å². The van der Waals surface area contributed by atoms with Gasteiger partial charge in [-0.1, -0.05) is 6.07 Å². The van der Waals surface area contributed by atoms with Gasteiger partial charge in [0.25, 0.3) is 0 Å². The van der Waals surface area contributed by atoms with E-state index in [0.717, 1.165) is 66.4 Å². The minimum absolute atomic E-state index is 0.0510. The maximum absolute atomic E-state index is 9.11. The first-order valence-electron chi connectivity index (χ1n) is 10.2. The fourth-order valence-corrected chi connectivity index (χ4v) is 3.76. The van der Waals surface area contributed by atoms with E-state index in [1.165, 1.54) is 0 Å². The van der Waals surface area contributed by atoms with Crippen LogP contribution in [0.2, 0.25) is 0 Å². The number of anilines is 1. The van der Waals surface area contributed by atoms with E-state index in [4.69, 9.17) is 10.1 Å². The van der Waals surface area contributed by atoms with E-state index in [2.05, 4.69) is 31.5 Å². The van der Waals surface area contributed by atoms with Crippen molar-refractivity contribution in [2.75, 3.05) is 37.7 Å². The minimum Gasteiger partial charge on any atom is -0.394 e. The van der Waals surface area contributed by atoms with E-state index in [-0.39, 0.29) is 6.61 Å². The van der Waals surface area contributed by atoms with E-state index < -0.39 is 0 Å². The number of nitrogens with one attached hydrogen (secondary N) is 1. The molecule has 4 aromatic rings. The van der Waals surface area contributed by atoms with Gasteiger partial charge >= 0.3 is 0 Å². The summed E-state index contributed by atoms with van der Waals surface area (Å²) in [5.74, 6) is 1.76. The number of rotatable bonds is 5. The zero-order valence-corrected chi connectivity index (χ0v) is 16.6. The van der Waals surface area contributed by atoms with Crippen molar-refractivity contribution in [2.24, 2.45) is 0 Å². The second-order valence-electron chi connectivity index (χ2n) is 7.35. The highest BCUT2D eigenvalue weighted by atomic mass is 16.3. The van der Waals surface area contributed by atoms with Gasteiger partial charge in [0.2, 0.25) is 0 Å². The molecule has 0 aromatic carbocycles. The number of fused-ring (bicyclic) bond motifs is 1. The molecule has 5 heterocycles. The molecule has 0 bridgehead atoms. The summed E-state index contributed by atoms with van der Waals surface area (Å²) in [6, 6.07) is 8.08. The number of aliphatic hydroxyl groups excluding tert-OH is 1. The molecule has 4 aromatic heterocycles. The summed E-state index contributed by atoms with van der Waals surface area (Å²) >= 11 is 0. The van der Waals surface area contributed by atoms with Gasteiger partial charge in [-0.05, 0) is 31.2 Å². The normalized spacial score (nSPS) is 14.9. The van der Waals surface area contributed by atoms with E-state index in [1.807, 2.05) is 41.5 Å². The van der Waals surface area contributed by atoms with Crippen LogP contribution in [-0.4, -0.2) is 67.4 Å². The Bertz CT molecular complexity index is 1140. The van der Waals surface area contributed by atoms with Crippen molar-refractivity contribution in [2.45, 2.75) is 13.0 Å². The molecule has 9 nitrogen and oxygen atoms in total. The lowest BCUT2D eigenvalue weighted by atomic mass is 10.2. The molecular weight excluding hydrogens is 380 g/mol. The third-order valence-electron chi connectivity index (χ3n) is 5.31. The van der Waals surface area contributed by atoms with Crippen molar-refractivity contribution in [1.82, 2.24) is 34.8 Å². The van der Waals surface area contributed by atoms with Crippen molar-refractivity contribution in [1.29, 1.82) is 0 Å². The lowest BCUT2D eigenvalue weighted by molar-refractivity contribution is 0.269. The quantitative estimate of drug-likeness (QED) is 0.520. The predicted molar refractivity (Wildman–Crippen MR) is 115 cm³/mol. The Morgan fingerprint density at radius 2 is 1.97 bits per heavy atom. The second-order valence-corrected chi connectivity index (χ2v) is 7.35. The fraction of sp³-hybridized carbons (Fsp3) is 0.333. The largest absolute Gasteiger partial charge is 0.394 e. The average molecular weight is 404 g/mol. The number of hydrogen-bond acceptors (Lipinski definition) is 7. The summed E-state index contributed by atoms with van der Waals surface area (Å²) < 4.78 is 3.57. The molecule has 5 rings (SSSR count). The highest BCUT2D eigenvalue weighted by Gasteiger charge is 2.14. The van der Waals surface area contributed by atoms with Crippen LogP contribution in [0.15, 0.2) is 49.1 Å². The van der Waals surface area contributed by atoms with Crippen LogP contribution in [-0.2, 0) is 6.54 Å². The second kappa shape index (κ2) is 8.21. The summed E-state index contributed by atoms with van der Waals surface area (Å²) in [6.45, 7) is 4.47. The number of pyridine rings is 2. The molecule has 0 saturated carbocycles. The molecule has 1 aliphatic rings. The third-order valence-corrected chi connectivity index (χ3v) is 5.31. The molecule has 0 amide bonds. The van der Waals surface area contributed by atoms with Gasteiger partial charge in [-0.15, -0.1) is 0 Å². The standard InChI is InChI=1S/C21H24N8O/c30-10-9-28-15-17(14-24-28)18-11-19-16(12-23-18)13-25-29(19)21-4-1-3-20(26-21)27-7-2-5-22-6-8-27/h1,3-4,11-15,22,30H,2,5-10H2. The zero-order chi connectivity index (χ0) is 20.3. The molecule has 0 aliphatic carbocycles. The lowest BCUT2D eigenvalue weighted by Gasteiger charge is -2.21. The predicted octanol–water partition coefficient (Wildman–Crippen LogP) is 1.47. The topological polar surface area (TPSA) is 96.9 Å². The van der Waals surface area contributed by atoms with Crippen molar-refractivity contribution < 1.29 is 5.11 Å². The first kappa shape index (κ1) is 18.7. The highest BCUT2D eigenvalue weighted by Crippen LogP contribution is 2.24. The van der Waals surface area contributed by atoms with E-state index in [0.29, 0.717) is 6.54 Å². The van der Waals surface area contributed by atoms with Crippen LogP contribution in [0, 0.1) is 0 Å². The summed E-state index contributed by atoms with van der Waals surface area (Å²) in [5, 5.41) is 22.3. The summed E-state index contributed by atoms with van der Waals surface area (Å²) in [7, 11) is 0. The van der Waals surface area contributed by atoms with Gasteiger partial charge in [0.05, 0.1) is 36.8 Å². The summed E-state index contributed by atoms with van der Waals surface area (Å²) in [5.41, 5.74) is 2.65. The maximum Gasteiger partial charge on any atom is 0.156 e. The van der Waals surface area contributed by atoms with Gasteiger partial charge in [-0.2, -0.15) is 10.2 Å². The third kappa shape index (κ3) is 3.64. The van der Waals surface area contributed by atoms with Gasteiger partial charge in [-0.25, -0.2) is 9.67 Å². The smallest absolute Gasteiger partial charge is 0.156 e. The Kier molecular flexibility index (Phi) is 5.12. The molecule has 154 valence electrons. The van der Waals surface area contributed by atoms with Crippen LogP contribution in [0.25, 0.3) is 28.0 Å². The molecule has 0 radical (unpaired) electrons. The molecule has 1 fully saturated rings. The Morgan fingerprint density at radius 3 is 2.90 bits per heavy atom. The van der Waals surface area contributed by atoms with Crippen LogP contribution in [0.1, 0.15) is 6.42 Å². The molecule has 1 aliphatic heterocycles. The summed E-state index contributed by atoms with van der Waals surface area (Å²) in [6.07, 6.45) is 8.39. The van der Waals surface area contributed by atoms with Gasteiger partial charge < -0.3 is 15.3 Å². The van der Waals surface area contributed by atoms with Crippen LogP contribution in [0.4, 0.5) is 5.82 Å². The Morgan fingerprint density at radius 1 is 1.03 bits per heavy atom. The molecule has 0 spiro atoms. The molecule has 30 heavy (non-hydrogen) atoms. The monoisotopic (exact) mass is 404 g/mol. The molecule has 1 saturated heterocycles. The van der Waals surface area contributed by atoms with Gasteiger partial charge in [0.1, 0.15) is 5.82 Å². The Balaban J connectivity index is 1.50. The molecule has 9 heteroatoms. The maximum atomic E-state index is 9.11. The lowest BCUT2D eigenvalue weighted by Crippen LogP contribution is -2.28. The SMILES string of the molecule is OCCn1cc(-c2cc3c(cn2)cnn3-c2cccc(N3CCCNCC3)n2)cn1. The first-order chi connectivity index (χ1) is 14.8. The van der Waals surface area contributed by atoms with Crippen molar-refractivity contribution in [3.8, 4) is 17.1 Å². The molecular formula is C21H24N8O. The van der Waals surface area contributed by atoms with Gasteiger partial charge in [0, 0.05) is 43.0 Å². The van der Waals surface area contributed by atoms with Crippen LogP contribution < -0.4 is 10.2 Å². The zero-order valence-electron chi connectivity index (χ0n) is 16.6. The van der Waals surface area contributed by atoms with E-state index in [1.54, 1.807) is 10.9 Å². The van der Waals surface area contributed by atoms with Gasteiger partial charge in [-0.3, -0.25) is 9.67 Å². The molecule has 0 atom stereocenters. The molecule has 0 unspecified atom stereocenters. The summed E-state index contributed by atoms with van der Waals surface area (Å²) in [4.78, 5) is 11.8. The molecule has 2 N–H and O–H groups in total. The number of hydrogen-bond donors (Lipinski definition) is 2. The average Bonchev–Trinajstić information content (AvgIpc) is 3.32. The van der Waals surface area contributed by atoms with E-state index in [9.17, 15) is 0 Å². The van der Waals surface area contributed by atoms with Crippen molar-refractivity contribution in [3.05, 3.63) is 49.1 Å².